The lowest BCUT2D eigenvalue weighted by Crippen LogP contribution is -2.41. The van der Waals surface area contributed by atoms with Crippen LogP contribution in [0, 0.1) is 6.92 Å². The van der Waals surface area contributed by atoms with Crippen molar-refractivity contribution in [3.05, 3.63) is 35.4 Å². The minimum Gasteiger partial charge on any atom is -0.403 e. The second kappa shape index (κ2) is 4.10. The molecule has 2 atom stereocenters. The van der Waals surface area contributed by atoms with Crippen molar-refractivity contribution < 1.29 is 9.31 Å². The molecule has 0 spiro atoms. The van der Waals surface area contributed by atoms with E-state index < -0.39 is 0 Å². The molecular formula is C16H23BO2. The summed E-state index contributed by atoms with van der Waals surface area (Å²) in [6.45, 7) is 10.7. The minimum atomic E-state index is -0.212. The van der Waals surface area contributed by atoms with Gasteiger partial charge >= 0.3 is 7.12 Å². The Morgan fingerprint density at radius 2 is 1.63 bits per heavy atom. The number of hydrogen-bond donors (Lipinski definition) is 0. The summed E-state index contributed by atoms with van der Waals surface area (Å²) in [5, 5.41) is 0. The van der Waals surface area contributed by atoms with Crippen molar-refractivity contribution in [3.8, 4) is 0 Å². The predicted molar refractivity (Wildman–Crippen MR) is 78.4 cm³/mol. The van der Waals surface area contributed by atoms with Crippen LogP contribution < -0.4 is 0 Å². The second-order valence-electron chi connectivity index (χ2n) is 6.99. The summed E-state index contributed by atoms with van der Waals surface area (Å²) in [4.78, 5) is 0. The molecule has 0 aromatic heterocycles. The van der Waals surface area contributed by atoms with Crippen molar-refractivity contribution in [3.63, 3.8) is 0 Å². The Morgan fingerprint density at radius 1 is 1.05 bits per heavy atom. The van der Waals surface area contributed by atoms with Crippen molar-refractivity contribution in [1.82, 2.24) is 0 Å². The van der Waals surface area contributed by atoms with Gasteiger partial charge in [-0.1, -0.05) is 24.3 Å². The smallest absolute Gasteiger partial charge is 0.403 e. The van der Waals surface area contributed by atoms with Crippen molar-refractivity contribution in [1.29, 1.82) is 0 Å². The summed E-state index contributed by atoms with van der Waals surface area (Å²) in [6, 6.07) is 8.66. The summed E-state index contributed by atoms with van der Waals surface area (Å²) in [5.74, 6) is 1.12. The molecule has 102 valence electrons. The van der Waals surface area contributed by atoms with E-state index in [1.807, 2.05) is 0 Å². The van der Waals surface area contributed by atoms with E-state index in [1.165, 1.54) is 17.5 Å². The van der Waals surface area contributed by atoms with Crippen LogP contribution in [0.15, 0.2) is 24.3 Å². The van der Waals surface area contributed by atoms with Gasteiger partial charge in [-0.05, 0) is 58.1 Å². The molecular weight excluding hydrogens is 235 g/mol. The molecule has 0 N–H and O–H groups in total. The average molecular weight is 258 g/mol. The molecule has 2 aliphatic rings. The van der Waals surface area contributed by atoms with Gasteiger partial charge in [-0.15, -0.1) is 0 Å². The van der Waals surface area contributed by atoms with Crippen LogP contribution in [0.4, 0.5) is 0 Å². The maximum atomic E-state index is 6.16. The topological polar surface area (TPSA) is 18.5 Å². The molecule has 0 amide bonds. The highest BCUT2D eigenvalue weighted by Gasteiger charge is 2.59. The molecule has 1 aliphatic heterocycles. The molecule has 1 saturated carbocycles. The van der Waals surface area contributed by atoms with E-state index in [-0.39, 0.29) is 18.3 Å². The Balaban J connectivity index is 1.74. The highest BCUT2D eigenvalue weighted by atomic mass is 16.7. The number of rotatable bonds is 2. The molecule has 0 radical (unpaired) electrons. The minimum absolute atomic E-state index is 0.0467. The Hall–Kier alpha value is -0.795. The highest BCUT2D eigenvalue weighted by molar-refractivity contribution is 6.49. The van der Waals surface area contributed by atoms with E-state index in [1.54, 1.807) is 0 Å². The monoisotopic (exact) mass is 258 g/mol. The first-order valence-corrected chi connectivity index (χ1v) is 7.23. The number of benzene rings is 1. The highest BCUT2D eigenvalue weighted by Crippen LogP contribution is 2.58. The standard InChI is InChI=1S/C16H23BO2/c1-11-8-6-7-9-12(11)13-10-14(13)17-18-15(2,3)16(4,5)19-17/h6-9,13-14H,10H2,1-5H3/t13-,14+/m1/s1. The van der Waals surface area contributed by atoms with Crippen LogP contribution in [0.5, 0.6) is 0 Å². The first kappa shape index (κ1) is 13.2. The van der Waals surface area contributed by atoms with Crippen molar-refractivity contribution in [2.24, 2.45) is 0 Å². The molecule has 1 saturated heterocycles. The van der Waals surface area contributed by atoms with Crippen molar-refractivity contribution >= 4 is 7.12 Å². The molecule has 1 aliphatic carbocycles. The van der Waals surface area contributed by atoms with Gasteiger partial charge in [-0.3, -0.25) is 0 Å². The van der Waals surface area contributed by atoms with Crippen LogP contribution in [0.1, 0.15) is 51.2 Å². The maximum absolute atomic E-state index is 6.16. The number of aryl methyl sites for hydroxylation is 1. The second-order valence-corrected chi connectivity index (χ2v) is 6.99. The van der Waals surface area contributed by atoms with Gasteiger partial charge in [0.05, 0.1) is 11.2 Å². The van der Waals surface area contributed by atoms with E-state index in [0.29, 0.717) is 11.7 Å². The van der Waals surface area contributed by atoms with Gasteiger partial charge in [0, 0.05) is 5.82 Å². The molecule has 3 rings (SSSR count). The van der Waals surface area contributed by atoms with Gasteiger partial charge in [-0.2, -0.15) is 0 Å². The fraction of sp³-hybridized carbons (Fsp3) is 0.625. The summed E-state index contributed by atoms with van der Waals surface area (Å²) in [6.07, 6.45) is 1.18. The van der Waals surface area contributed by atoms with Crippen LogP contribution in [-0.2, 0) is 9.31 Å². The average Bonchev–Trinajstić information content (AvgIpc) is 3.03. The number of hydrogen-bond acceptors (Lipinski definition) is 2. The third-order valence-electron chi connectivity index (χ3n) is 5.05. The molecule has 19 heavy (non-hydrogen) atoms. The molecule has 3 heteroatoms. The molecule has 1 aromatic rings. The lowest BCUT2D eigenvalue weighted by Gasteiger charge is -2.32. The first-order valence-electron chi connectivity index (χ1n) is 7.23. The third kappa shape index (κ3) is 2.13. The zero-order chi connectivity index (χ0) is 13.8. The third-order valence-corrected chi connectivity index (χ3v) is 5.05. The fourth-order valence-corrected chi connectivity index (χ4v) is 2.94. The van der Waals surface area contributed by atoms with Crippen LogP contribution in [0.2, 0.25) is 5.82 Å². The van der Waals surface area contributed by atoms with E-state index in [4.69, 9.17) is 9.31 Å². The predicted octanol–water partition coefficient (Wildman–Crippen LogP) is 3.94. The van der Waals surface area contributed by atoms with Crippen LogP contribution in [-0.4, -0.2) is 18.3 Å². The van der Waals surface area contributed by atoms with Gasteiger partial charge in [0.1, 0.15) is 0 Å². The van der Waals surface area contributed by atoms with Gasteiger partial charge in [0.25, 0.3) is 0 Å². The Kier molecular flexibility index (Phi) is 2.85. The Labute approximate surface area is 116 Å². The molecule has 1 aromatic carbocycles. The molecule has 0 bridgehead atoms. The van der Waals surface area contributed by atoms with Crippen molar-refractivity contribution in [2.75, 3.05) is 0 Å². The van der Waals surface area contributed by atoms with E-state index in [9.17, 15) is 0 Å². The first-order chi connectivity index (χ1) is 8.82. The Bertz CT molecular complexity index is 479. The summed E-state index contributed by atoms with van der Waals surface area (Å²) >= 11 is 0. The van der Waals surface area contributed by atoms with Gasteiger partial charge in [-0.25, -0.2) is 0 Å². The Morgan fingerprint density at radius 3 is 2.21 bits per heavy atom. The van der Waals surface area contributed by atoms with Crippen LogP contribution in [0.25, 0.3) is 0 Å². The SMILES string of the molecule is Cc1ccccc1[C@H]1C[C@@H]1B1OC(C)(C)C(C)(C)O1. The lowest BCUT2D eigenvalue weighted by atomic mass is 9.79. The summed E-state index contributed by atoms with van der Waals surface area (Å²) in [5.41, 5.74) is 2.42. The van der Waals surface area contributed by atoms with Gasteiger partial charge < -0.3 is 9.31 Å². The largest absolute Gasteiger partial charge is 0.461 e. The zero-order valence-corrected chi connectivity index (χ0v) is 12.6. The molecule has 2 nitrogen and oxygen atoms in total. The van der Waals surface area contributed by atoms with Gasteiger partial charge in [0.15, 0.2) is 0 Å². The van der Waals surface area contributed by atoms with E-state index in [0.717, 1.165) is 0 Å². The quantitative estimate of drug-likeness (QED) is 0.748. The zero-order valence-electron chi connectivity index (χ0n) is 12.6. The normalized spacial score (nSPS) is 31.5. The lowest BCUT2D eigenvalue weighted by molar-refractivity contribution is 0.00578. The van der Waals surface area contributed by atoms with Gasteiger partial charge in [0.2, 0.25) is 0 Å². The molecule has 1 heterocycles. The molecule has 0 unspecified atom stereocenters. The van der Waals surface area contributed by atoms with Crippen molar-refractivity contribution in [2.45, 2.75) is 64.0 Å². The van der Waals surface area contributed by atoms with E-state index in [2.05, 4.69) is 58.9 Å². The summed E-state index contributed by atoms with van der Waals surface area (Å²) < 4.78 is 12.3. The van der Waals surface area contributed by atoms with Crippen LogP contribution in [0.3, 0.4) is 0 Å². The maximum Gasteiger partial charge on any atom is 0.461 e. The molecule has 2 fully saturated rings. The summed E-state index contributed by atoms with van der Waals surface area (Å²) in [7, 11) is -0.0467. The fourth-order valence-electron chi connectivity index (χ4n) is 2.94. The van der Waals surface area contributed by atoms with Crippen LogP contribution >= 0.6 is 0 Å². The van der Waals surface area contributed by atoms with E-state index >= 15 is 0 Å².